The first-order valence-electron chi connectivity index (χ1n) is 5.11. The second kappa shape index (κ2) is 4.87. The van der Waals surface area contributed by atoms with Gasteiger partial charge in [0.2, 0.25) is 0 Å². The van der Waals surface area contributed by atoms with Crippen LogP contribution in [0.1, 0.15) is 11.3 Å². The molecule has 1 atom stereocenters. The molecule has 1 saturated heterocycles. The number of nitrogens with one attached hydrogen (secondary N) is 1. The van der Waals surface area contributed by atoms with Crippen LogP contribution in [0.2, 0.25) is 0 Å². The van der Waals surface area contributed by atoms with Gasteiger partial charge in [-0.2, -0.15) is 0 Å². The normalized spacial score (nSPS) is 22.0. The van der Waals surface area contributed by atoms with Crippen LogP contribution < -0.4 is 5.32 Å². The van der Waals surface area contributed by atoms with Crippen molar-refractivity contribution in [3.05, 3.63) is 16.6 Å². The van der Waals surface area contributed by atoms with Crippen LogP contribution in [0.4, 0.5) is 0 Å². The van der Waals surface area contributed by atoms with Crippen LogP contribution in [0, 0.1) is 5.92 Å². The van der Waals surface area contributed by atoms with Gasteiger partial charge in [0.05, 0.1) is 5.51 Å². The standard InChI is InChI=1S/C10H17N3S/c1-13(6-9-2-3-11-4-9)7-10-5-12-8-14-10/h5,8-9,11H,2-4,6-7H2,1H3/t9-/m0/s1. The van der Waals surface area contributed by atoms with Crippen molar-refractivity contribution in [2.75, 3.05) is 26.7 Å². The van der Waals surface area contributed by atoms with E-state index in [0.29, 0.717) is 0 Å². The third kappa shape index (κ3) is 2.77. The maximum absolute atomic E-state index is 4.09. The number of aromatic nitrogens is 1. The maximum atomic E-state index is 4.09. The molecule has 0 bridgehead atoms. The molecule has 1 N–H and O–H groups in total. The summed E-state index contributed by atoms with van der Waals surface area (Å²) in [5, 5.41) is 3.40. The van der Waals surface area contributed by atoms with Gasteiger partial charge >= 0.3 is 0 Å². The Hall–Kier alpha value is -0.450. The predicted octanol–water partition coefficient (Wildman–Crippen LogP) is 1.18. The van der Waals surface area contributed by atoms with Crippen LogP contribution in [-0.2, 0) is 6.54 Å². The highest BCUT2D eigenvalue weighted by Gasteiger charge is 2.16. The van der Waals surface area contributed by atoms with Gasteiger partial charge in [-0.05, 0) is 32.5 Å². The van der Waals surface area contributed by atoms with Crippen LogP contribution in [0.15, 0.2) is 11.7 Å². The van der Waals surface area contributed by atoms with Crippen LogP contribution in [0.25, 0.3) is 0 Å². The first-order valence-corrected chi connectivity index (χ1v) is 5.99. The summed E-state index contributed by atoms with van der Waals surface area (Å²) in [6.45, 7) is 4.62. The zero-order valence-corrected chi connectivity index (χ0v) is 9.39. The molecule has 0 unspecified atom stereocenters. The van der Waals surface area contributed by atoms with Crippen LogP contribution in [0.5, 0.6) is 0 Å². The summed E-state index contributed by atoms with van der Waals surface area (Å²) in [5.74, 6) is 0.841. The minimum atomic E-state index is 0.841. The molecule has 2 rings (SSSR count). The average molecular weight is 211 g/mol. The Morgan fingerprint density at radius 2 is 2.64 bits per heavy atom. The van der Waals surface area contributed by atoms with Crippen LogP contribution >= 0.6 is 11.3 Å². The lowest BCUT2D eigenvalue weighted by molar-refractivity contribution is 0.280. The van der Waals surface area contributed by atoms with E-state index in [0.717, 1.165) is 12.5 Å². The number of hydrogen-bond acceptors (Lipinski definition) is 4. The molecule has 0 spiro atoms. The van der Waals surface area contributed by atoms with Crippen LogP contribution in [-0.4, -0.2) is 36.6 Å². The van der Waals surface area contributed by atoms with Crippen molar-refractivity contribution in [3.63, 3.8) is 0 Å². The first kappa shape index (κ1) is 10.1. The highest BCUT2D eigenvalue weighted by molar-refractivity contribution is 7.09. The zero-order chi connectivity index (χ0) is 9.80. The van der Waals surface area contributed by atoms with Crippen molar-refractivity contribution >= 4 is 11.3 Å². The Bertz CT molecular complexity index is 254. The molecule has 0 saturated carbocycles. The molecule has 3 nitrogen and oxygen atoms in total. The lowest BCUT2D eigenvalue weighted by Crippen LogP contribution is -2.26. The fourth-order valence-corrected chi connectivity index (χ4v) is 2.64. The molecule has 1 aromatic rings. The van der Waals surface area contributed by atoms with E-state index in [1.807, 2.05) is 11.7 Å². The number of rotatable bonds is 4. The Labute approximate surface area is 89.1 Å². The van der Waals surface area contributed by atoms with Crippen LogP contribution in [0.3, 0.4) is 0 Å². The molecule has 14 heavy (non-hydrogen) atoms. The number of thiazole rings is 1. The van der Waals surface area contributed by atoms with Gasteiger partial charge in [0.1, 0.15) is 0 Å². The first-order chi connectivity index (χ1) is 6.84. The van der Waals surface area contributed by atoms with E-state index in [-0.39, 0.29) is 0 Å². The monoisotopic (exact) mass is 211 g/mol. The van der Waals surface area contributed by atoms with Gasteiger partial charge in [0, 0.05) is 24.2 Å². The largest absolute Gasteiger partial charge is 0.316 e. The van der Waals surface area contributed by atoms with E-state index in [2.05, 4.69) is 22.2 Å². The van der Waals surface area contributed by atoms with Crippen molar-refractivity contribution < 1.29 is 0 Å². The van der Waals surface area contributed by atoms with Gasteiger partial charge in [-0.25, -0.2) is 0 Å². The molecule has 0 radical (unpaired) electrons. The molecule has 0 aliphatic carbocycles. The molecule has 0 amide bonds. The average Bonchev–Trinajstić information content (AvgIpc) is 2.76. The SMILES string of the molecule is CN(Cc1cncs1)C[C@H]1CCNC1. The quantitative estimate of drug-likeness (QED) is 0.810. The molecule has 1 aromatic heterocycles. The second-order valence-corrected chi connectivity index (χ2v) is 4.99. The van der Waals surface area contributed by atoms with Crippen molar-refractivity contribution in [2.45, 2.75) is 13.0 Å². The molecule has 4 heteroatoms. The predicted molar refractivity (Wildman–Crippen MR) is 59.4 cm³/mol. The van der Waals surface area contributed by atoms with E-state index < -0.39 is 0 Å². The third-order valence-corrected chi connectivity index (χ3v) is 3.41. The van der Waals surface area contributed by atoms with E-state index in [9.17, 15) is 0 Å². The second-order valence-electron chi connectivity index (χ2n) is 4.02. The lowest BCUT2D eigenvalue weighted by Gasteiger charge is -2.19. The smallest absolute Gasteiger partial charge is 0.0794 e. The summed E-state index contributed by atoms with van der Waals surface area (Å²) in [6.07, 6.45) is 3.29. The van der Waals surface area contributed by atoms with Crippen molar-refractivity contribution in [1.29, 1.82) is 0 Å². The van der Waals surface area contributed by atoms with E-state index in [4.69, 9.17) is 0 Å². The minimum Gasteiger partial charge on any atom is -0.316 e. The summed E-state index contributed by atoms with van der Waals surface area (Å²) in [4.78, 5) is 7.84. The third-order valence-electron chi connectivity index (χ3n) is 2.64. The summed E-state index contributed by atoms with van der Waals surface area (Å²) in [7, 11) is 2.19. The molecule has 0 aromatic carbocycles. The fraction of sp³-hybridized carbons (Fsp3) is 0.700. The molecular formula is C10H17N3S. The summed E-state index contributed by atoms with van der Waals surface area (Å²) in [5.41, 5.74) is 1.90. The Kier molecular flexibility index (Phi) is 3.50. The van der Waals surface area contributed by atoms with Crippen molar-refractivity contribution in [3.8, 4) is 0 Å². The van der Waals surface area contributed by atoms with E-state index in [1.54, 1.807) is 11.3 Å². The van der Waals surface area contributed by atoms with Gasteiger partial charge in [-0.15, -0.1) is 11.3 Å². The molecule has 2 heterocycles. The molecular weight excluding hydrogens is 194 g/mol. The topological polar surface area (TPSA) is 28.2 Å². The Morgan fingerprint density at radius 1 is 1.71 bits per heavy atom. The highest BCUT2D eigenvalue weighted by atomic mass is 32.1. The van der Waals surface area contributed by atoms with E-state index in [1.165, 1.54) is 30.9 Å². The Balaban J connectivity index is 1.75. The van der Waals surface area contributed by atoms with E-state index >= 15 is 0 Å². The maximum Gasteiger partial charge on any atom is 0.0794 e. The van der Waals surface area contributed by atoms with Gasteiger partial charge in [-0.1, -0.05) is 0 Å². The molecule has 1 aliphatic rings. The summed E-state index contributed by atoms with van der Waals surface area (Å²) in [6, 6.07) is 0. The zero-order valence-electron chi connectivity index (χ0n) is 8.57. The molecule has 1 fully saturated rings. The van der Waals surface area contributed by atoms with Crippen molar-refractivity contribution in [1.82, 2.24) is 15.2 Å². The van der Waals surface area contributed by atoms with Gasteiger partial charge < -0.3 is 10.2 Å². The number of hydrogen-bond donors (Lipinski definition) is 1. The Morgan fingerprint density at radius 3 is 3.29 bits per heavy atom. The lowest BCUT2D eigenvalue weighted by atomic mass is 10.1. The highest BCUT2D eigenvalue weighted by Crippen LogP contribution is 2.12. The minimum absolute atomic E-state index is 0.841. The molecule has 1 aliphatic heterocycles. The summed E-state index contributed by atoms with van der Waals surface area (Å²) >= 11 is 1.74. The number of nitrogens with zero attached hydrogens (tertiary/aromatic N) is 2. The van der Waals surface area contributed by atoms with Gasteiger partial charge in [-0.3, -0.25) is 4.98 Å². The van der Waals surface area contributed by atoms with Crippen molar-refractivity contribution in [2.24, 2.45) is 5.92 Å². The fourth-order valence-electron chi connectivity index (χ4n) is 1.96. The summed E-state index contributed by atoms with van der Waals surface area (Å²) < 4.78 is 0. The van der Waals surface area contributed by atoms with Gasteiger partial charge in [0.15, 0.2) is 0 Å². The van der Waals surface area contributed by atoms with Gasteiger partial charge in [0.25, 0.3) is 0 Å². The molecule has 78 valence electrons.